The zero-order valence-electron chi connectivity index (χ0n) is 9.51. The van der Waals surface area contributed by atoms with Gasteiger partial charge >= 0.3 is 0 Å². The van der Waals surface area contributed by atoms with Gasteiger partial charge in [0.2, 0.25) is 5.78 Å². The predicted octanol–water partition coefficient (Wildman–Crippen LogP) is 1.53. The molecule has 0 aliphatic carbocycles. The van der Waals surface area contributed by atoms with Crippen LogP contribution in [0.4, 0.5) is 4.39 Å². The molecule has 0 atom stereocenters. The first-order valence-electron chi connectivity index (χ1n) is 5.36. The summed E-state index contributed by atoms with van der Waals surface area (Å²) in [5, 5.41) is 4.00. The van der Waals surface area contributed by atoms with Gasteiger partial charge in [0, 0.05) is 6.20 Å². The molecular weight excluding hydrogens is 235 g/mol. The first-order valence-corrected chi connectivity index (χ1v) is 5.36. The Kier molecular flexibility index (Phi) is 2.22. The van der Waals surface area contributed by atoms with E-state index in [9.17, 15) is 9.18 Å². The van der Waals surface area contributed by atoms with E-state index in [2.05, 4.69) is 15.1 Å². The molecule has 0 unspecified atom stereocenters. The molecule has 0 fully saturated rings. The second-order valence-electron chi connectivity index (χ2n) is 3.91. The van der Waals surface area contributed by atoms with E-state index >= 15 is 0 Å². The van der Waals surface area contributed by atoms with E-state index in [1.54, 1.807) is 25.3 Å². The van der Waals surface area contributed by atoms with Crippen LogP contribution < -0.4 is 5.56 Å². The standard InChI is InChI=1S/C12H9FN4O/c1-7-15-12-14-6-10(11(18)17(12)16-7)8-2-4-9(13)5-3-8/h2-6H,1H3,(H,14,15,16). The quantitative estimate of drug-likeness (QED) is 0.706. The van der Waals surface area contributed by atoms with Crippen molar-refractivity contribution in [3.63, 3.8) is 0 Å². The molecule has 0 saturated carbocycles. The van der Waals surface area contributed by atoms with Crippen LogP contribution >= 0.6 is 0 Å². The van der Waals surface area contributed by atoms with E-state index in [1.165, 1.54) is 16.6 Å². The second kappa shape index (κ2) is 3.76. The van der Waals surface area contributed by atoms with Gasteiger partial charge in [-0.15, -0.1) is 5.10 Å². The SMILES string of the molecule is Cc1nc2[nH]cc(-c3ccc(F)cc3)c(=O)n2n1. The molecule has 90 valence electrons. The van der Waals surface area contributed by atoms with Crippen LogP contribution in [0.25, 0.3) is 16.9 Å². The first kappa shape index (κ1) is 10.6. The number of halogens is 1. The fraction of sp³-hybridized carbons (Fsp3) is 0.0833. The first-order chi connectivity index (χ1) is 8.65. The van der Waals surface area contributed by atoms with Crippen LogP contribution in [0.1, 0.15) is 5.82 Å². The number of benzene rings is 1. The highest BCUT2D eigenvalue weighted by atomic mass is 19.1. The third-order valence-electron chi connectivity index (χ3n) is 2.64. The molecular formula is C12H9FN4O. The Labute approximate surface area is 101 Å². The van der Waals surface area contributed by atoms with E-state index in [0.717, 1.165) is 0 Å². The molecule has 0 radical (unpaired) electrons. The molecule has 3 aromatic rings. The number of H-pyrrole nitrogens is 1. The minimum Gasteiger partial charge on any atom is -0.330 e. The molecule has 6 heteroatoms. The van der Waals surface area contributed by atoms with Crippen LogP contribution in [0.5, 0.6) is 0 Å². The maximum Gasteiger partial charge on any atom is 0.283 e. The lowest BCUT2D eigenvalue weighted by molar-refractivity contribution is 0.628. The molecule has 0 spiro atoms. The Morgan fingerprint density at radius 2 is 2.00 bits per heavy atom. The smallest absolute Gasteiger partial charge is 0.283 e. The van der Waals surface area contributed by atoms with Crippen LogP contribution in [0.2, 0.25) is 0 Å². The predicted molar refractivity (Wildman–Crippen MR) is 63.7 cm³/mol. The van der Waals surface area contributed by atoms with Crippen molar-refractivity contribution in [3.05, 3.63) is 52.5 Å². The van der Waals surface area contributed by atoms with Gasteiger partial charge in [-0.05, 0) is 24.6 Å². The molecule has 3 rings (SSSR count). The lowest BCUT2D eigenvalue weighted by atomic mass is 10.1. The van der Waals surface area contributed by atoms with E-state index in [1.807, 2.05) is 0 Å². The number of fused-ring (bicyclic) bond motifs is 1. The van der Waals surface area contributed by atoms with Gasteiger partial charge in [-0.3, -0.25) is 4.79 Å². The van der Waals surface area contributed by atoms with E-state index in [-0.39, 0.29) is 11.4 Å². The third kappa shape index (κ3) is 1.58. The molecule has 1 aromatic carbocycles. The van der Waals surface area contributed by atoms with Crippen molar-refractivity contribution in [2.75, 3.05) is 0 Å². The van der Waals surface area contributed by atoms with Crippen LogP contribution in [0, 0.1) is 12.7 Å². The Hall–Kier alpha value is -2.50. The molecule has 1 N–H and O–H groups in total. The lowest BCUT2D eigenvalue weighted by Gasteiger charge is -2.00. The maximum absolute atomic E-state index is 12.8. The average molecular weight is 244 g/mol. The molecule has 5 nitrogen and oxygen atoms in total. The van der Waals surface area contributed by atoms with Crippen molar-refractivity contribution in [1.82, 2.24) is 19.6 Å². The zero-order valence-corrected chi connectivity index (χ0v) is 9.51. The number of aromatic nitrogens is 4. The van der Waals surface area contributed by atoms with Gasteiger partial charge in [-0.2, -0.15) is 9.50 Å². The van der Waals surface area contributed by atoms with Crippen LogP contribution in [0.15, 0.2) is 35.3 Å². The number of aryl methyl sites for hydroxylation is 1. The monoisotopic (exact) mass is 244 g/mol. The summed E-state index contributed by atoms with van der Waals surface area (Å²) in [7, 11) is 0. The summed E-state index contributed by atoms with van der Waals surface area (Å²) in [6, 6.07) is 5.72. The molecule has 0 bridgehead atoms. The van der Waals surface area contributed by atoms with Crippen molar-refractivity contribution >= 4 is 5.78 Å². The highest BCUT2D eigenvalue weighted by Crippen LogP contribution is 2.15. The van der Waals surface area contributed by atoms with Crippen molar-refractivity contribution in [3.8, 4) is 11.1 Å². The summed E-state index contributed by atoms with van der Waals surface area (Å²) in [4.78, 5) is 19.1. The maximum atomic E-state index is 12.8. The third-order valence-corrected chi connectivity index (χ3v) is 2.64. The number of nitrogens with zero attached hydrogens (tertiary/aromatic N) is 3. The molecule has 2 heterocycles. The second-order valence-corrected chi connectivity index (χ2v) is 3.91. The molecule has 18 heavy (non-hydrogen) atoms. The molecule has 0 aliphatic rings. The van der Waals surface area contributed by atoms with Crippen molar-refractivity contribution in [1.29, 1.82) is 0 Å². The van der Waals surface area contributed by atoms with E-state index < -0.39 is 0 Å². The summed E-state index contributed by atoms with van der Waals surface area (Å²) in [5.41, 5.74) is 0.774. The van der Waals surface area contributed by atoms with Crippen molar-refractivity contribution < 1.29 is 4.39 Å². The number of aromatic amines is 1. The largest absolute Gasteiger partial charge is 0.330 e. The number of rotatable bonds is 1. The lowest BCUT2D eigenvalue weighted by Crippen LogP contribution is -2.17. The van der Waals surface area contributed by atoms with Gasteiger partial charge in [-0.1, -0.05) is 12.1 Å². The molecule has 0 aliphatic heterocycles. The fourth-order valence-electron chi connectivity index (χ4n) is 1.80. The van der Waals surface area contributed by atoms with Crippen molar-refractivity contribution in [2.24, 2.45) is 0 Å². The number of hydrogen-bond donors (Lipinski definition) is 1. The fourth-order valence-corrected chi connectivity index (χ4v) is 1.80. The normalized spacial score (nSPS) is 11.0. The Balaban J connectivity index is 2.26. The van der Waals surface area contributed by atoms with Crippen LogP contribution in [0.3, 0.4) is 0 Å². The Bertz CT molecular complexity index is 773. The van der Waals surface area contributed by atoms with Crippen LogP contribution in [-0.4, -0.2) is 19.6 Å². The Morgan fingerprint density at radius 3 is 2.72 bits per heavy atom. The minimum atomic E-state index is -0.340. The number of nitrogens with one attached hydrogen (secondary N) is 1. The number of hydrogen-bond acceptors (Lipinski definition) is 3. The van der Waals surface area contributed by atoms with Gasteiger partial charge in [0.05, 0.1) is 5.56 Å². The topological polar surface area (TPSA) is 63.0 Å². The average Bonchev–Trinajstić information content (AvgIpc) is 2.73. The molecule has 0 saturated heterocycles. The van der Waals surface area contributed by atoms with Crippen LogP contribution in [-0.2, 0) is 0 Å². The summed E-state index contributed by atoms with van der Waals surface area (Å²) in [6.45, 7) is 1.71. The summed E-state index contributed by atoms with van der Waals surface area (Å²) < 4.78 is 14.0. The summed E-state index contributed by atoms with van der Waals surface area (Å²) >= 11 is 0. The van der Waals surface area contributed by atoms with Gasteiger partial charge in [0.25, 0.3) is 5.56 Å². The molecule has 0 amide bonds. The Morgan fingerprint density at radius 1 is 1.28 bits per heavy atom. The van der Waals surface area contributed by atoms with E-state index in [4.69, 9.17) is 0 Å². The van der Waals surface area contributed by atoms with Gasteiger partial charge < -0.3 is 4.98 Å². The van der Waals surface area contributed by atoms with Gasteiger partial charge in [0.1, 0.15) is 11.6 Å². The van der Waals surface area contributed by atoms with Crippen molar-refractivity contribution in [2.45, 2.75) is 6.92 Å². The minimum absolute atomic E-state index is 0.282. The highest BCUT2D eigenvalue weighted by Gasteiger charge is 2.09. The summed E-state index contributed by atoms with van der Waals surface area (Å²) in [5.74, 6) is 0.566. The summed E-state index contributed by atoms with van der Waals surface area (Å²) in [6.07, 6.45) is 1.55. The van der Waals surface area contributed by atoms with Gasteiger partial charge in [-0.25, -0.2) is 4.39 Å². The zero-order chi connectivity index (χ0) is 12.7. The van der Waals surface area contributed by atoms with E-state index in [0.29, 0.717) is 22.7 Å². The molecule has 2 aromatic heterocycles. The van der Waals surface area contributed by atoms with Gasteiger partial charge in [0.15, 0.2) is 0 Å². The highest BCUT2D eigenvalue weighted by molar-refractivity contribution is 5.62.